The summed E-state index contributed by atoms with van der Waals surface area (Å²) in [6.07, 6.45) is 6.36. The molecule has 0 radical (unpaired) electrons. The number of aliphatic hydroxyl groups excluding tert-OH is 1. The molecule has 0 aromatic rings. The average molecular weight is 213 g/mol. The second-order valence-electron chi connectivity index (χ2n) is 5.32. The molecule has 3 atom stereocenters. The Bertz CT molecular complexity index is 164. The first-order valence-electron chi connectivity index (χ1n) is 6.54. The van der Waals surface area contributed by atoms with Gasteiger partial charge in [0.05, 0.1) is 6.61 Å². The van der Waals surface area contributed by atoms with Gasteiger partial charge in [-0.2, -0.15) is 0 Å². The monoisotopic (exact) mass is 213 g/mol. The van der Waals surface area contributed by atoms with E-state index in [2.05, 4.69) is 26.1 Å². The Morgan fingerprint density at radius 3 is 2.60 bits per heavy atom. The Morgan fingerprint density at radius 2 is 2.07 bits per heavy atom. The van der Waals surface area contributed by atoms with Gasteiger partial charge in [0.25, 0.3) is 0 Å². The van der Waals surface area contributed by atoms with Crippen LogP contribution in [0.3, 0.4) is 0 Å². The van der Waals surface area contributed by atoms with Crippen molar-refractivity contribution in [3.05, 3.63) is 0 Å². The Kier molecular flexibility index (Phi) is 5.62. The molecule has 3 unspecified atom stereocenters. The molecule has 1 aliphatic carbocycles. The van der Waals surface area contributed by atoms with Crippen molar-refractivity contribution in [2.45, 2.75) is 65.0 Å². The van der Waals surface area contributed by atoms with Crippen molar-refractivity contribution in [1.82, 2.24) is 5.32 Å². The third kappa shape index (κ3) is 4.12. The van der Waals surface area contributed by atoms with Crippen molar-refractivity contribution in [2.24, 2.45) is 11.8 Å². The van der Waals surface area contributed by atoms with Crippen molar-refractivity contribution in [2.75, 3.05) is 6.61 Å². The number of nitrogens with one attached hydrogen (secondary N) is 1. The number of hydrogen-bond acceptors (Lipinski definition) is 2. The van der Waals surface area contributed by atoms with Gasteiger partial charge >= 0.3 is 0 Å². The largest absolute Gasteiger partial charge is 0.395 e. The van der Waals surface area contributed by atoms with Gasteiger partial charge in [0.15, 0.2) is 0 Å². The third-order valence-electron chi connectivity index (χ3n) is 3.84. The van der Waals surface area contributed by atoms with E-state index in [4.69, 9.17) is 5.11 Å². The highest BCUT2D eigenvalue weighted by Crippen LogP contribution is 2.30. The van der Waals surface area contributed by atoms with Crippen LogP contribution < -0.4 is 5.32 Å². The topological polar surface area (TPSA) is 32.3 Å². The quantitative estimate of drug-likeness (QED) is 0.735. The molecular formula is C13H27NO. The summed E-state index contributed by atoms with van der Waals surface area (Å²) >= 11 is 0. The number of rotatable bonds is 5. The van der Waals surface area contributed by atoms with Crippen molar-refractivity contribution in [1.29, 1.82) is 0 Å². The molecule has 0 amide bonds. The minimum atomic E-state index is 0.277. The summed E-state index contributed by atoms with van der Waals surface area (Å²) < 4.78 is 0. The van der Waals surface area contributed by atoms with Gasteiger partial charge in [-0.25, -0.2) is 0 Å². The molecule has 15 heavy (non-hydrogen) atoms. The second kappa shape index (κ2) is 6.49. The van der Waals surface area contributed by atoms with Crippen LogP contribution >= 0.6 is 0 Å². The Hall–Kier alpha value is -0.0800. The van der Waals surface area contributed by atoms with Crippen molar-refractivity contribution >= 4 is 0 Å². The van der Waals surface area contributed by atoms with E-state index in [0.29, 0.717) is 12.1 Å². The fraction of sp³-hybridized carbons (Fsp3) is 1.00. The Balaban J connectivity index is 2.35. The molecule has 0 aromatic carbocycles. The van der Waals surface area contributed by atoms with E-state index in [9.17, 15) is 0 Å². The zero-order chi connectivity index (χ0) is 11.3. The van der Waals surface area contributed by atoms with Crippen LogP contribution in [0.15, 0.2) is 0 Å². The number of hydrogen-bond donors (Lipinski definition) is 2. The van der Waals surface area contributed by atoms with Crippen LogP contribution in [0.2, 0.25) is 0 Å². The standard InChI is InChI=1S/C13H27NO/c1-4-12(9-15)14-13-7-5-6-11(8-13)10(2)3/h10-15H,4-9H2,1-3H3. The van der Waals surface area contributed by atoms with Crippen LogP contribution in [0.25, 0.3) is 0 Å². The molecule has 0 heterocycles. The zero-order valence-corrected chi connectivity index (χ0v) is 10.5. The summed E-state index contributed by atoms with van der Waals surface area (Å²) in [6.45, 7) is 7.07. The minimum Gasteiger partial charge on any atom is -0.395 e. The van der Waals surface area contributed by atoms with Crippen molar-refractivity contribution in [3.63, 3.8) is 0 Å². The summed E-state index contributed by atoms with van der Waals surface area (Å²) in [5.74, 6) is 1.69. The molecule has 1 saturated carbocycles. The van der Waals surface area contributed by atoms with E-state index in [1.165, 1.54) is 25.7 Å². The predicted octanol–water partition coefficient (Wildman–Crippen LogP) is 2.56. The smallest absolute Gasteiger partial charge is 0.0584 e. The molecule has 0 aliphatic heterocycles. The normalized spacial score (nSPS) is 29.4. The third-order valence-corrected chi connectivity index (χ3v) is 3.84. The highest BCUT2D eigenvalue weighted by Gasteiger charge is 2.24. The molecule has 0 spiro atoms. The lowest BCUT2D eigenvalue weighted by atomic mass is 9.79. The highest BCUT2D eigenvalue weighted by atomic mass is 16.3. The number of aliphatic hydroxyl groups is 1. The van der Waals surface area contributed by atoms with Crippen LogP contribution in [0, 0.1) is 11.8 Å². The molecule has 2 N–H and O–H groups in total. The van der Waals surface area contributed by atoms with E-state index in [1.807, 2.05) is 0 Å². The molecular weight excluding hydrogens is 186 g/mol. The van der Waals surface area contributed by atoms with Crippen LogP contribution in [-0.2, 0) is 0 Å². The van der Waals surface area contributed by atoms with Crippen LogP contribution in [-0.4, -0.2) is 23.8 Å². The summed E-state index contributed by atoms with van der Waals surface area (Å²) in [4.78, 5) is 0. The van der Waals surface area contributed by atoms with Crippen LogP contribution in [0.4, 0.5) is 0 Å². The molecule has 0 bridgehead atoms. The van der Waals surface area contributed by atoms with Crippen LogP contribution in [0.1, 0.15) is 52.9 Å². The maximum atomic E-state index is 9.17. The van der Waals surface area contributed by atoms with Gasteiger partial charge in [0.1, 0.15) is 0 Å². The van der Waals surface area contributed by atoms with E-state index in [-0.39, 0.29) is 6.61 Å². The predicted molar refractivity (Wildman–Crippen MR) is 64.9 cm³/mol. The van der Waals surface area contributed by atoms with Gasteiger partial charge in [0, 0.05) is 12.1 Å². The molecule has 0 aromatic heterocycles. The molecule has 1 fully saturated rings. The zero-order valence-electron chi connectivity index (χ0n) is 10.5. The molecule has 1 aliphatic rings. The van der Waals surface area contributed by atoms with Gasteiger partial charge in [-0.05, 0) is 31.1 Å². The Morgan fingerprint density at radius 1 is 1.33 bits per heavy atom. The molecule has 90 valence electrons. The maximum absolute atomic E-state index is 9.17. The molecule has 2 nitrogen and oxygen atoms in total. The van der Waals surface area contributed by atoms with Crippen molar-refractivity contribution < 1.29 is 5.11 Å². The SMILES string of the molecule is CCC(CO)NC1CCCC(C(C)C)C1. The van der Waals surface area contributed by atoms with E-state index >= 15 is 0 Å². The van der Waals surface area contributed by atoms with E-state index in [0.717, 1.165) is 18.3 Å². The first-order chi connectivity index (χ1) is 7.17. The summed E-state index contributed by atoms with van der Waals surface area (Å²) in [6, 6.07) is 0.948. The van der Waals surface area contributed by atoms with Gasteiger partial charge in [-0.15, -0.1) is 0 Å². The lowest BCUT2D eigenvalue weighted by molar-refractivity contribution is 0.184. The first kappa shape index (κ1) is 13.0. The minimum absolute atomic E-state index is 0.277. The van der Waals surface area contributed by atoms with Gasteiger partial charge in [0.2, 0.25) is 0 Å². The lowest BCUT2D eigenvalue weighted by Crippen LogP contribution is -2.43. The van der Waals surface area contributed by atoms with Crippen LogP contribution in [0.5, 0.6) is 0 Å². The van der Waals surface area contributed by atoms with E-state index < -0.39 is 0 Å². The summed E-state index contributed by atoms with van der Waals surface area (Å²) in [5, 5.41) is 12.8. The van der Waals surface area contributed by atoms with Gasteiger partial charge in [-0.3, -0.25) is 0 Å². The maximum Gasteiger partial charge on any atom is 0.0584 e. The van der Waals surface area contributed by atoms with Crippen molar-refractivity contribution in [3.8, 4) is 0 Å². The Labute approximate surface area is 94.5 Å². The summed E-state index contributed by atoms with van der Waals surface area (Å²) in [5.41, 5.74) is 0. The molecule has 2 heteroatoms. The molecule has 0 saturated heterocycles. The second-order valence-corrected chi connectivity index (χ2v) is 5.32. The average Bonchev–Trinajstić information content (AvgIpc) is 2.26. The summed E-state index contributed by atoms with van der Waals surface area (Å²) in [7, 11) is 0. The first-order valence-corrected chi connectivity index (χ1v) is 6.54. The van der Waals surface area contributed by atoms with E-state index in [1.54, 1.807) is 0 Å². The highest BCUT2D eigenvalue weighted by molar-refractivity contribution is 4.81. The lowest BCUT2D eigenvalue weighted by Gasteiger charge is -2.34. The van der Waals surface area contributed by atoms with Gasteiger partial charge in [-0.1, -0.05) is 33.6 Å². The van der Waals surface area contributed by atoms with Gasteiger partial charge < -0.3 is 10.4 Å². The fourth-order valence-corrected chi connectivity index (χ4v) is 2.62. The fourth-order valence-electron chi connectivity index (χ4n) is 2.62. The molecule has 1 rings (SSSR count).